The van der Waals surface area contributed by atoms with Gasteiger partial charge >= 0.3 is 0 Å². The van der Waals surface area contributed by atoms with Crippen LogP contribution in [0.3, 0.4) is 0 Å². The zero-order chi connectivity index (χ0) is 11.7. The summed E-state index contributed by atoms with van der Waals surface area (Å²) in [4.78, 5) is 1.46. The maximum absolute atomic E-state index is 6.17. The lowest BCUT2D eigenvalue weighted by molar-refractivity contribution is 0.0388. The molecule has 92 valence electrons. The van der Waals surface area contributed by atoms with Gasteiger partial charge in [-0.3, -0.25) is 0 Å². The number of ether oxygens (including phenoxy) is 1. The molecular weight excluding hydrogens is 230 g/mol. The van der Waals surface area contributed by atoms with Crippen LogP contribution < -0.4 is 5.73 Å². The number of nitrogens with two attached hydrogens (primary N) is 1. The van der Waals surface area contributed by atoms with E-state index in [-0.39, 0.29) is 0 Å². The van der Waals surface area contributed by atoms with Gasteiger partial charge in [-0.15, -0.1) is 11.8 Å². The summed E-state index contributed by atoms with van der Waals surface area (Å²) in [6.07, 6.45) is 3.42. The second kappa shape index (κ2) is 5.01. The van der Waals surface area contributed by atoms with Crippen LogP contribution in [0.15, 0.2) is 29.2 Å². The normalized spacial score (nSPS) is 32.4. The Morgan fingerprint density at radius 3 is 3.06 bits per heavy atom. The van der Waals surface area contributed by atoms with Gasteiger partial charge in [0.15, 0.2) is 0 Å². The van der Waals surface area contributed by atoms with Gasteiger partial charge in [-0.2, -0.15) is 0 Å². The van der Waals surface area contributed by atoms with Crippen molar-refractivity contribution in [3.05, 3.63) is 29.8 Å². The Hall–Kier alpha value is -0.510. The molecule has 3 rings (SSSR count). The Morgan fingerprint density at radius 2 is 2.24 bits per heavy atom. The molecular formula is C14H19NOS. The summed E-state index contributed by atoms with van der Waals surface area (Å²) in [5.74, 6) is 0.551. The summed E-state index contributed by atoms with van der Waals surface area (Å²) in [6, 6.07) is 9.09. The average Bonchev–Trinajstić information content (AvgIpc) is 2.74. The molecule has 0 bridgehead atoms. The van der Waals surface area contributed by atoms with Crippen LogP contribution in [0, 0.1) is 5.92 Å². The number of thioether (sulfide) groups is 1. The van der Waals surface area contributed by atoms with Crippen LogP contribution in [0.2, 0.25) is 0 Å². The lowest BCUT2D eigenvalue weighted by Gasteiger charge is -2.30. The van der Waals surface area contributed by atoms with Crippen molar-refractivity contribution < 1.29 is 4.74 Å². The predicted molar refractivity (Wildman–Crippen MR) is 71.3 cm³/mol. The Kier molecular flexibility index (Phi) is 3.41. The molecule has 2 aliphatic rings. The van der Waals surface area contributed by atoms with E-state index in [1.54, 1.807) is 0 Å². The topological polar surface area (TPSA) is 35.2 Å². The minimum Gasteiger partial charge on any atom is -0.381 e. The molecule has 3 atom stereocenters. The van der Waals surface area contributed by atoms with Crippen LogP contribution in [0.4, 0.5) is 0 Å². The molecule has 2 heterocycles. The van der Waals surface area contributed by atoms with Crippen LogP contribution >= 0.6 is 11.8 Å². The second-order valence-corrected chi connectivity index (χ2v) is 6.42. The zero-order valence-corrected chi connectivity index (χ0v) is 10.8. The first-order valence-electron chi connectivity index (χ1n) is 6.41. The van der Waals surface area contributed by atoms with Gasteiger partial charge in [0.2, 0.25) is 0 Å². The van der Waals surface area contributed by atoms with E-state index in [0.717, 1.165) is 19.6 Å². The van der Waals surface area contributed by atoms with Gasteiger partial charge in [0.1, 0.15) is 0 Å². The molecule has 1 aromatic rings. The van der Waals surface area contributed by atoms with Crippen molar-refractivity contribution in [3.8, 4) is 0 Å². The van der Waals surface area contributed by atoms with Gasteiger partial charge < -0.3 is 10.5 Å². The van der Waals surface area contributed by atoms with E-state index in [2.05, 4.69) is 24.3 Å². The molecule has 0 radical (unpaired) electrons. The Labute approximate surface area is 107 Å². The van der Waals surface area contributed by atoms with Gasteiger partial charge in [-0.05, 0) is 36.8 Å². The summed E-state index contributed by atoms with van der Waals surface area (Å²) >= 11 is 2.02. The third-order valence-electron chi connectivity index (χ3n) is 3.81. The SMILES string of the molecule is NC1CCOCC1CC1Cc2ccccc2S1. The molecule has 1 fully saturated rings. The average molecular weight is 249 g/mol. The molecule has 3 heteroatoms. The van der Waals surface area contributed by atoms with Crippen LogP contribution in [-0.2, 0) is 11.2 Å². The monoisotopic (exact) mass is 249 g/mol. The molecule has 0 aliphatic carbocycles. The minimum atomic E-state index is 0.341. The Bertz CT molecular complexity index is 371. The van der Waals surface area contributed by atoms with Gasteiger partial charge in [0.25, 0.3) is 0 Å². The van der Waals surface area contributed by atoms with E-state index in [1.165, 1.54) is 23.3 Å². The fourth-order valence-electron chi connectivity index (χ4n) is 2.78. The number of hydrogen-bond acceptors (Lipinski definition) is 3. The van der Waals surface area contributed by atoms with Crippen LogP contribution in [0.25, 0.3) is 0 Å². The highest BCUT2D eigenvalue weighted by Crippen LogP contribution is 2.40. The van der Waals surface area contributed by atoms with Crippen molar-refractivity contribution in [2.45, 2.75) is 35.4 Å². The minimum absolute atomic E-state index is 0.341. The third-order valence-corrected chi connectivity index (χ3v) is 5.16. The lowest BCUT2D eigenvalue weighted by Crippen LogP contribution is -2.39. The lowest BCUT2D eigenvalue weighted by atomic mass is 9.90. The number of rotatable bonds is 2. The van der Waals surface area contributed by atoms with Crippen molar-refractivity contribution in [2.75, 3.05) is 13.2 Å². The highest BCUT2D eigenvalue weighted by Gasteiger charge is 2.29. The van der Waals surface area contributed by atoms with Crippen LogP contribution in [-0.4, -0.2) is 24.5 Å². The van der Waals surface area contributed by atoms with Crippen molar-refractivity contribution in [2.24, 2.45) is 11.7 Å². The summed E-state index contributed by atoms with van der Waals surface area (Å²) < 4.78 is 5.55. The summed E-state index contributed by atoms with van der Waals surface area (Å²) in [6.45, 7) is 1.70. The molecule has 0 spiro atoms. The van der Waals surface area contributed by atoms with Gasteiger partial charge in [0, 0.05) is 22.8 Å². The van der Waals surface area contributed by atoms with Gasteiger partial charge in [-0.1, -0.05) is 18.2 Å². The van der Waals surface area contributed by atoms with Crippen LogP contribution in [0.5, 0.6) is 0 Å². The Morgan fingerprint density at radius 1 is 1.35 bits per heavy atom. The molecule has 2 aliphatic heterocycles. The number of fused-ring (bicyclic) bond motifs is 1. The largest absolute Gasteiger partial charge is 0.381 e. The quantitative estimate of drug-likeness (QED) is 0.874. The second-order valence-electron chi connectivity index (χ2n) is 5.07. The van der Waals surface area contributed by atoms with E-state index in [1.807, 2.05) is 11.8 Å². The molecule has 3 unspecified atom stereocenters. The van der Waals surface area contributed by atoms with Crippen molar-refractivity contribution in [1.29, 1.82) is 0 Å². The molecule has 1 aromatic carbocycles. The van der Waals surface area contributed by atoms with Crippen molar-refractivity contribution in [3.63, 3.8) is 0 Å². The van der Waals surface area contributed by atoms with Crippen LogP contribution in [0.1, 0.15) is 18.4 Å². The highest BCUT2D eigenvalue weighted by molar-refractivity contribution is 8.00. The summed E-state index contributed by atoms with van der Waals surface area (Å²) in [5, 5.41) is 0.699. The summed E-state index contributed by atoms with van der Waals surface area (Å²) in [5.41, 5.74) is 7.68. The van der Waals surface area contributed by atoms with Gasteiger partial charge in [0.05, 0.1) is 6.61 Å². The zero-order valence-electron chi connectivity index (χ0n) is 9.97. The smallest absolute Gasteiger partial charge is 0.0509 e. The highest BCUT2D eigenvalue weighted by atomic mass is 32.2. The molecule has 1 saturated heterocycles. The van der Waals surface area contributed by atoms with E-state index >= 15 is 0 Å². The van der Waals surface area contributed by atoms with E-state index < -0.39 is 0 Å². The Balaban J connectivity index is 1.61. The maximum Gasteiger partial charge on any atom is 0.0509 e. The summed E-state index contributed by atoms with van der Waals surface area (Å²) in [7, 11) is 0. The predicted octanol–water partition coefficient (Wildman–Crippen LogP) is 2.46. The van der Waals surface area contributed by atoms with E-state index in [0.29, 0.717) is 17.2 Å². The molecule has 17 heavy (non-hydrogen) atoms. The van der Waals surface area contributed by atoms with E-state index in [4.69, 9.17) is 10.5 Å². The third kappa shape index (κ3) is 2.51. The first kappa shape index (κ1) is 11.6. The molecule has 0 aromatic heterocycles. The molecule has 2 N–H and O–H groups in total. The first-order valence-corrected chi connectivity index (χ1v) is 7.29. The van der Waals surface area contributed by atoms with E-state index in [9.17, 15) is 0 Å². The fraction of sp³-hybridized carbons (Fsp3) is 0.571. The van der Waals surface area contributed by atoms with Crippen molar-refractivity contribution in [1.82, 2.24) is 0 Å². The maximum atomic E-state index is 6.17. The first-order chi connectivity index (χ1) is 8.33. The molecule has 2 nitrogen and oxygen atoms in total. The molecule has 0 amide bonds. The molecule has 0 saturated carbocycles. The standard InChI is InChI=1S/C14H19NOS/c15-13-5-6-16-9-11(13)8-12-7-10-3-1-2-4-14(10)17-12/h1-4,11-13H,5-9,15H2. The van der Waals surface area contributed by atoms with Gasteiger partial charge in [-0.25, -0.2) is 0 Å². The van der Waals surface area contributed by atoms with Crippen molar-refractivity contribution >= 4 is 11.8 Å². The number of hydrogen-bond donors (Lipinski definition) is 1. The number of benzene rings is 1. The fourth-order valence-corrected chi connectivity index (χ4v) is 4.20.